The lowest BCUT2D eigenvalue weighted by Crippen LogP contribution is -2.36. The first-order valence-corrected chi connectivity index (χ1v) is 14.8. The molecule has 8 nitrogen and oxygen atoms in total. The summed E-state index contributed by atoms with van der Waals surface area (Å²) >= 11 is 1.39. The van der Waals surface area contributed by atoms with Crippen molar-refractivity contribution < 1.29 is 27.5 Å². The molecule has 2 aliphatic heterocycles. The number of methoxy groups -OCH3 is 1. The zero-order chi connectivity index (χ0) is 27.0. The van der Waals surface area contributed by atoms with E-state index in [1.807, 2.05) is 38.1 Å². The molecule has 1 amide bonds. The van der Waals surface area contributed by atoms with Gasteiger partial charge in [0.2, 0.25) is 10.0 Å². The Bertz CT molecular complexity index is 1500. The fourth-order valence-corrected chi connectivity index (χ4v) is 7.70. The van der Waals surface area contributed by atoms with Crippen molar-refractivity contribution in [3.8, 4) is 5.75 Å². The predicted molar refractivity (Wildman–Crippen MR) is 144 cm³/mol. The summed E-state index contributed by atoms with van der Waals surface area (Å²) in [7, 11) is -2.44. The van der Waals surface area contributed by atoms with E-state index in [9.17, 15) is 18.0 Å². The number of thiophene rings is 1. The third-order valence-electron chi connectivity index (χ3n) is 7.16. The minimum Gasteiger partial charge on any atom is -0.488 e. The molecule has 1 aromatic heterocycles. The Morgan fingerprint density at radius 2 is 2.03 bits per heavy atom. The second-order valence-corrected chi connectivity index (χ2v) is 12.6. The monoisotopic (exact) mass is 554 g/mol. The molecule has 200 valence electrons. The van der Waals surface area contributed by atoms with Gasteiger partial charge in [-0.3, -0.25) is 9.59 Å². The Labute approximate surface area is 226 Å². The molecule has 2 aromatic carbocycles. The van der Waals surface area contributed by atoms with E-state index in [0.29, 0.717) is 23.6 Å². The molecule has 0 radical (unpaired) electrons. The van der Waals surface area contributed by atoms with Crippen LogP contribution in [-0.4, -0.2) is 44.4 Å². The molecule has 1 unspecified atom stereocenters. The van der Waals surface area contributed by atoms with Gasteiger partial charge in [0.05, 0.1) is 25.0 Å². The minimum absolute atomic E-state index is 0.1000. The van der Waals surface area contributed by atoms with Gasteiger partial charge in [-0.15, -0.1) is 11.3 Å². The highest BCUT2D eigenvalue weighted by molar-refractivity contribution is 7.89. The molecule has 2 aliphatic rings. The maximum atomic E-state index is 13.7. The largest absolute Gasteiger partial charge is 0.488 e. The number of hydrogen-bond donors (Lipinski definition) is 1. The van der Waals surface area contributed by atoms with Gasteiger partial charge in [0.1, 0.15) is 16.7 Å². The van der Waals surface area contributed by atoms with Crippen molar-refractivity contribution in [1.29, 1.82) is 0 Å². The quantitative estimate of drug-likeness (QED) is 0.436. The Morgan fingerprint density at radius 3 is 2.76 bits per heavy atom. The molecule has 10 heteroatoms. The number of carbonyl (C=O) groups is 2. The standard InChI is InChI=1S/C28H30N2O6S2/c1-4-21-16-30(38(33,34)25-8-6-5-7-23(25)36-21)15-20-11-18(10-9-17(20)2)22(13-26(31)35-3)24-12-19-14-29-28(32)27(19)37-24/h5-12,21-22H,4,13-16H2,1-3H3,(H,29,32)/t21-,22?/m1/s1. The van der Waals surface area contributed by atoms with Crippen molar-refractivity contribution in [1.82, 2.24) is 9.62 Å². The summed E-state index contributed by atoms with van der Waals surface area (Å²) in [6, 6.07) is 14.6. The Balaban J connectivity index is 1.52. The lowest BCUT2D eigenvalue weighted by Gasteiger charge is -2.24. The van der Waals surface area contributed by atoms with Crippen LogP contribution in [0.2, 0.25) is 0 Å². The van der Waals surface area contributed by atoms with Gasteiger partial charge in [-0.2, -0.15) is 4.31 Å². The van der Waals surface area contributed by atoms with Gasteiger partial charge < -0.3 is 14.8 Å². The number of benzene rings is 2. The summed E-state index contributed by atoms with van der Waals surface area (Å²) in [4.78, 5) is 26.3. The molecular weight excluding hydrogens is 524 g/mol. The van der Waals surface area contributed by atoms with E-state index in [-0.39, 0.29) is 48.3 Å². The molecule has 0 fully saturated rings. The number of para-hydroxylation sites is 1. The molecule has 3 heterocycles. The number of carbonyl (C=O) groups excluding carboxylic acids is 2. The van der Waals surface area contributed by atoms with Gasteiger partial charge in [-0.1, -0.05) is 37.3 Å². The number of esters is 1. The molecule has 5 rings (SSSR count). The minimum atomic E-state index is -3.80. The number of nitrogens with zero attached hydrogens (tertiary/aromatic N) is 1. The van der Waals surface area contributed by atoms with Crippen molar-refractivity contribution in [2.24, 2.45) is 0 Å². The Morgan fingerprint density at radius 1 is 1.24 bits per heavy atom. The number of hydrogen-bond acceptors (Lipinski definition) is 7. The highest BCUT2D eigenvalue weighted by Gasteiger charge is 2.35. The second-order valence-electron chi connectivity index (χ2n) is 9.60. The molecule has 38 heavy (non-hydrogen) atoms. The van der Waals surface area contributed by atoms with Crippen molar-refractivity contribution in [3.05, 3.63) is 80.5 Å². The summed E-state index contributed by atoms with van der Waals surface area (Å²) in [5.41, 5.74) is 3.58. The lowest BCUT2D eigenvalue weighted by molar-refractivity contribution is -0.140. The fourth-order valence-electron chi connectivity index (χ4n) is 4.91. The van der Waals surface area contributed by atoms with Gasteiger partial charge in [0, 0.05) is 23.9 Å². The number of sulfonamides is 1. The predicted octanol–water partition coefficient (Wildman–Crippen LogP) is 4.36. The van der Waals surface area contributed by atoms with E-state index in [0.717, 1.165) is 27.1 Å². The van der Waals surface area contributed by atoms with Crippen molar-refractivity contribution in [3.63, 3.8) is 0 Å². The normalized spacial score (nSPS) is 19.0. The highest BCUT2D eigenvalue weighted by atomic mass is 32.2. The topological polar surface area (TPSA) is 102 Å². The van der Waals surface area contributed by atoms with Crippen LogP contribution in [0.1, 0.15) is 62.5 Å². The molecule has 0 spiro atoms. The molecule has 0 bridgehead atoms. The number of fused-ring (bicyclic) bond motifs is 2. The zero-order valence-electron chi connectivity index (χ0n) is 21.5. The molecule has 0 aliphatic carbocycles. The van der Waals surface area contributed by atoms with E-state index >= 15 is 0 Å². The van der Waals surface area contributed by atoms with Crippen LogP contribution in [0, 0.1) is 6.92 Å². The van der Waals surface area contributed by atoms with Gasteiger partial charge in [-0.25, -0.2) is 8.42 Å². The van der Waals surface area contributed by atoms with Crippen LogP contribution in [0.15, 0.2) is 53.4 Å². The maximum Gasteiger partial charge on any atom is 0.306 e. The van der Waals surface area contributed by atoms with E-state index in [2.05, 4.69) is 5.32 Å². The van der Waals surface area contributed by atoms with Crippen LogP contribution in [-0.2, 0) is 32.6 Å². The van der Waals surface area contributed by atoms with Crippen LogP contribution in [0.25, 0.3) is 0 Å². The number of ether oxygens (including phenoxy) is 2. The van der Waals surface area contributed by atoms with E-state index in [4.69, 9.17) is 9.47 Å². The first kappa shape index (κ1) is 26.4. The molecule has 1 N–H and O–H groups in total. The van der Waals surface area contributed by atoms with Gasteiger partial charge in [0.15, 0.2) is 0 Å². The van der Waals surface area contributed by atoms with Crippen LogP contribution in [0.3, 0.4) is 0 Å². The van der Waals surface area contributed by atoms with Crippen LogP contribution >= 0.6 is 11.3 Å². The molecular formula is C28H30N2O6S2. The SMILES string of the molecule is CC[C@@H]1CN(Cc2cc(C(CC(=O)OC)c3cc4c(s3)C(=O)NC4)ccc2C)S(=O)(=O)c2ccccc2O1. The number of aryl methyl sites for hydroxylation is 1. The molecule has 3 aromatic rings. The maximum absolute atomic E-state index is 13.7. The first-order chi connectivity index (χ1) is 18.2. The van der Waals surface area contributed by atoms with E-state index in [1.165, 1.54) is 22.8 Å². The zero-order valence-corrected chi connectivity index (χ0v) is 23.2. The van der Waals surface area contributed by atoms with E-state index in [1.54, 1.807) is 24.3 Å². The summed E-state index contributed by atoms with van der Waals surface area (Å²) in [6.45, 7) is 4.81. The lowest BCUT2D eigenvalue weighted by atomic mass is 9.91. The fraction of sp³-hybridized carbons (Fsp3) is 0.357. The smallest absolute Gasteiger partial charge is 0.306 e. The number of amides is 1. The van der Waals surface area contributed by atoms with Gasteiger partial charge in [0.25, 0.3) is 5.91 Å². The highest BCUT2D eigenvalue weighted by Crippen LogP contribution is 2.38. The van der Waals surface area contributed by atoms with Crippen LogP contribution in [0.4, 0.5) is 0 Å². The molecule has 0 saturated carbocycles. The van der Waals surface area contributed by atoms with Crippen molar-refractivity contribution >= 4 is 33.2 Å². The second kappa shape index (κ2) is 10.5. The Hall–Kier alpha value is -3.21. The number of nitrogens with one attached hydrogen (secondary N) is 1. The average Bonchev–Trinajstić information content (AvgIpc) is 3.46. The average molecular weight is 555 g/mol. The summed E-state index contributed by atoms with van der Waals surface area (Å²) < 4.78 is 39.9. The summed E-state index contributed by atoms with van der Waals surface area (Å²) in [5.74, 6) is -0.402. The number of rotatable bonds is 7. The van der Waals surface area contributed by atoms with E-state index < -0.39 is 10.0 Å². The summed E-state index contributed by atoms with van der Waals surface area (Å²) in [5, 5.41) is 2.82. The third-order valence-corrected chi connectivity index (χ3v) is 10.3. The van der Waals surface area contributed by atoms with Crippen molar-refractivity contribution in [2.45, 2.75) is 56.7 Å². The third kappa shape index (κ3) is 4.95. The summed E-state index contributed by atoms with van der Waals surface area (Å²) in [6.07, 6.45) is 0.502. The van der Waals surface area contributed by atoms with Crippen molar-refractivity contribution in [2.75, 3.05) is 13.7 Å². The van der Waals surface area contributed by atoms with Gasteiger partial charge in [-0.05, 0) is 53.8 Å². The van der Waals surface area contributed by atoms with Gasteiger partial charge >= 0.3 is 5.97 Å². The first-order valence-electron chi connectivity index (χ1n) is 12.5. The van der Waals surface area contributed by atoms with Crippen LogP contribution < -0.4 is 10.1 Å². The molecule has 2 atom stereocenters. The Kier molecular flexibility index (Phi) is 7.30. The van der Waals surface area contributed by atoms with Crippen LogP contribution in [0.5, 0.6) is 5.75 Å². The molecule has 0 saturated heterocycles.